The zero-order valence-electron chi connectivity index (χ0n) is 13.2. The Morgan fingerprint density at radius 1 is 1.33 bits per heavy atom. The van der Waals surface area contributed by atoms with Gasteiger partial charge in [-0.05, 0) is 50.6 Å². The lowest BCUT2D eigenvalue weighted by Gasteiger charge is -2.35. The zero-order chi connectivity index (χ0) is 15.1. The van der Waals surface area contributed by atoms with Crippen LogP contribution in [0.1, 0.15) is 33.1 Å². The molecule has 1 fully saturated rings. The van der Waals surface area contributed by atoms with Crippen molar-refractivity contribution in [2.75, 3.05) is 32.8 Å². The van der Waals surface area contributed by atoms with Crippen LogP contribution in [0, 0.1) is 0 Å². The molecule has 1 aromatic rings. The monoisotopic (exact) mass is 354 g/mol. The van der Waals surface area contributed by atoms with E-state index in [9.17, 15) is 0 Å². The van der Waals surface area contributed by atoms with Crippen molar-refractivity contribution in [2.45, 2.75) is 38.6 Å². The highest BCUT2D eigenvalue weighted by molar-refractivity contribution is 9.10. The molecule has 0 radical (unpaired) electrons. The number of benzene rings is 1. The number of rotatable bonds is 6. The molecular weight excluding hydrogens is 328 g/mol. The van der Waals surface area contributed by atoms with E-state index < -0.39 is 0 Å². The van der Waals surface area contributed by atoms with Gasteiger partial charge in [0, 0.05) is 23.1 Å². The van der Waals surface area contributed by atoms with E-state index in [1.54, 1.807) is 0 Å². The normalized spacial score (nSPS) is 19.2. The van der Waals surface area contributed by atoms with Gasteiger partial charge in [-0.2, -0.15) is 0 Å². The van der Waals surface area contributed by atoms with Gasteiger partial charge in [0.2, 0.25) is 0 Å². The van der Waals surface area contributed by atoms with E-state index in [4.69, 9.17) is 4.74 Å². The van der Waals surface area contributed by atoms with E-state index in [0.29, 0.717) is 0 Å². The zero-order valence-corrected chi connectivity index (χ0v) is 14.8. The second-order valence-corrected chi connectivity index (χ2v) is 6.77. The average molecular weight is 355 g/mol. The van der Waals surface area contributed by atoms with Crippen LogP contribution >= 0.6 is 15.9 Å². The topological polar surface area (TPSA) is 24.5 Å². The Labute approximate surface area is 137 Å². The summed E-state index contributed by atoms with van der Waals surface area (Å²) < 4.78 is 6.94. The third-order valence-corrected chi connectivity index (χ3v) is 5.00. The first-order valence-corrected chi connectivity index (χ1v) is 8.82. The first-order valence-electron chi connectivity index (χ1n) is 8.03. The van der Waals surface area contributed by atoms with Crippen LogP contribution in [0.5, 0.6) is 5.75 Å². The largest absolute Gasteiger partial charge is 0.492 e. The van der Waals surface area contributed by atoms with Crippen LogP contribution in [0.4, 0.5) is 0 Å². The van der Waals surface area contributed by atoms with Gasteiger partial charge in [-0.3, -0.25) is 4.90 Å². The SMILES string of the molecule is CCC1(CC)CN(CCOc2cccc(Br)c2)CCCN1. The minimum absolute atomic E-state index is 0.284. The molecule has 1 N–H and O–H groups in total. The van der Waals surface area contributed by atoms with Crippen molar-refractivity contribution < 1.29 is 4.74 Å². The molecule has 2 rings (SSSR count). The van der Waals surface area contributed by atoms with Gasteiger partial charge in [-0.15, -0.1) is 0 Å². The van der Waals surface area contributed by atoms with Crippen molar-refractivity contribution in [2.24, 2.45) is 0 Å². The maximum Gasteiger partial charge on any atom is 0.120 e. The molecule has 1 aliphatic heterocycles. The van der Waals surface area contributed by atoms with Gasteiger partial charge in [0.25, 0.3) is 0 Å². The summed E-state index contributed by atoms with van der Waals surface area (Å²) in [5.74, 6) is 0.939. The van der Waals surface area contributed by atoms with Crippen LogP contribution in [0.25, 0.3) is 0 Å². The van der Waals surface area contributed by atoms with Crippen molar-refractivity contribution in [1.29, 1.82) is 0 Å². The lowest BCUT2D eigenvalue weighted by atomic mass is 9.92. The fraction of sp³-hybridized carbons (Fsp3) is 0.647. The Kier molecular flexibility index (Phi) is 6.52. The molecule has 118 valence electrons. The predicted octanol–water partition coefficient (Wildman–Crippen LogP) is 3.68. The van der Waals surface area contributed by atoms with Crippen molar-refractivity contribution in [3.63, 3.8) is 0 Å². The minimum Gasteiger partial charge on any atom is -0.492 e. The van der Waals surface area contributed by atoms with Crippen molar-refractivity contribution in [1.82, 2.24) is 10.2 Å². The molecule has 0 bridgehead atoms. The van der Waals surface area contributed by atoms with E-state index in [1.165, 1.54) is 19.3 Å². The molecule has 1 aromatic carbocycles. The minimum atomic E-state index is 0.284. The number of nitrogens with one attached hydrogen (secondary N) is 1. The van der Waals surface area contributed by atoms with E-state index >= 15 is 0 Å². The third kappa shape index (κ3) is 4.97. The van der Waals surface area contributed by atoms with Gasteiger partial charge in [0.05, 0.1) is 0 Å². The molecular formula is C17H27BrN2O. The molecule has 1 saturated heterocycles. The molecule has 0 aliphatic carbocycles. The quantitative estimate of drug-likeness (QED) is 0.843. The summed E-state index contributed by atoms with van der Waals surface area (Å²) >= 11 is 3.48. The number of nitrogens with zero attached hydrogens (tertiary/aromatic N) is 1. The van der Waals surface area contributed by atoms with E-state index in [-0.39, 0.29) is 5.54 Å². The van der Waals surface area contributed by atoms with Gasteiger partial charge in [-0.1, -0.05) is 35.8 Å². The molecule has 1 heterocycles. The molecule has 21 heavy (non-hydrogen) atoms. The van der Waals surface area contributed by atoms with Crippen LogP contribution in [-0.4, -0.2) is 43.2 Å². The van der Waals surface area contributed by atoms with Crippen molar-refractivity contribution >= 4 is 15.9 Å². The summed E-state index contributed by atoms with van der Waals surface area (Å²) in [6, 6.07) is 8.06. The Morgan fingerprint density at radius 3 is 2.86 bits per heavy atom. The van der Waals surface area contributed by atoms with Crippen LogP contribution in [0.2, 0.25) is 0 Å². The van der Waals surface area contributed by atoms with Crippen LogP contribution in [-0.2, 0) is 0 Å². The van der Waals surface area contributed by atoms with E-state index in [1.807, 2.05) is 24.3 Å². The molecule has 0 aromatic heterocycles. The standard InChI is InChI=1S/C17H27BrN2O/c1-3-17(4-2)14-20(10-6-9-19-17)11-12-21-16-8-5-7-15(18)13-16/h5,7-8,13,19H,3-4,6,9-12,14H2,1-2H3. The first kappa shape index (κ1) is 16.8. The van der Waals surface area contributed by atoms with Crippen molar-refractivity contribution in [3.05, 3.63) is 28.7 Å². The van der Waals surface area contributed by atoms with Crippen LogP contribution < -0.4 is 10.1 Å². The average Bonchev–Trinajstić information content (AvgIpc) is 2.70. The summed E-state index contributed by atoms with van der Waals surface area (Å²) in [6.45, 7) is 9.75. The van der Waals surface area contributed by atoms with E-state index in [2.05, 4.69) is 40.0 Å². The maximum atomic E-state index is 5.87. The fourth-order valence-corrected chi connectivity index (χ4v) is 3.36. The number of hydrogen-bond donors (Lipinski definition) is 1. The van der Waals surface area contributed by atoms with Gasteiger partial charge < -0.3 is 10.1 Å². The smallest absolute Gasteiger partial charge is 0.120 e. The fourth-order valence-electron chi connectivity index (χ4n) is 2.98. The Bertz CT molecular complexity index is 435. The third-order valence-electron chi connectivity index (χ3n) is 4.50. The summed E-state index contributed by atoms with van der Waals surface area (Å²) in [4.78, 5) is 2.55. The Hall–Kier alpha value is -0.580. The maximum absolute atomic E-state index is 5.87. The summed E-state index contributed by atoms with van der Waals surface area (Å²) in [5.41, 5.74) is 0.284. The summed E-state index contributed by atoms with van der Waals surface area (Å²) in [7, 11) is 0. The highest BCUT2D eigenvalue weighted by atomic mass is 79.9. The Balaban J connectivity index is 1.84. The highest BCUT2D eigenvalue weighted by Crippen LogP contribution is 2.20. The summed E-state index contributed by atoms with van der Waals surface area (Å²) in [5, 5.41) is 3.75. The molecule has 3 nitrogen and oxygen atoms in total. The molecule has 0 atom stereocenters. The van der Waals surface area contributed by atoms with Gasteiger partial charge in [-0.25, -0.2) is 0 Å². The highest BCUT2D eigenvalue weighted by Gasteiger charge is 2.29. The second-order valence-electron chi connectivity index (χ2n) is 5.85. The first-order chi connectivity index (χ1) is 10.2. The van der Waals surface area contributed by atoms with Crippen LogP contribution in [0.3, 0.4) is 0 Å². The number of halogens is 1. The van der Waals surface area contributed by atoms with Crippen LogP contribution in [0.15, 0.2) is 28.7 Å². The lowest BCUT2D eigenvalue weighted by Crippen LogP contribution is -2.51. The lowest BCUT2D eigenvalue weighted by molar-refractivity contribution is 0.167. The second kappa shape index (κ2) is 8.16. The predicted molar refractivity (Wildman–Crippen MR) is 92.0 cm³/mol. The van der Waals surface area contributed by atoms with Gasteiger partial charge >= 0.3 is 0 Å². The molecule has 1 aliphatic rings. The molecule has 0 amide bonds. The van der Waals surface area contributed by atoms with Gasteiger partial charge in [0.15, 0.2) is 0 Å². The molecule has 0 unspecified atom stereocenters. The van der Waals surface area contributed by atoms with Gasteiger partial charge in [0.1, 0.15) is 12.4 Å². The van der Waals surface area contributed by atoms with E-state index in [0.717, 1.165) is 43.0 Å². The molecule has 4 heteroatoms. The number of hydrogen-bond acceptors (Lipinski definition) is 3. The summed E-state index contributed by atoms with van der Waals surface area (Å²) in [6.07, 6.45) is 3.59. The molecule has 0 spiro atoms. The Morgan fingerprint density at radius 2 is 2.14 bits per heavy atom. The van der Waals surface area contributed by atoms with Crippen molar-refractivity contribution in [3.8, 4) is 5.75 Å². The number of ether oxygens (including phenoxy) is 1. The molecule has 0 saturated carbocycles.